The van der Waals surface area contributed by atoms with Crippen LogP contribution in [0.25, 0.3) is 22.2 Å². The number of anilines is 1. The summed E-state index contributed by atoms with van der Waals surface area (Å²) in [7, 11) is 3.17. The van der Waals surface area contributed by atoms with Gasteiger partial charge >= 0.3 is 6.11 Å². The zero-order valence-electron chi connectivity index (χ0n) is 19.0. The first-order chi connectivity index (χ1) is 16.5. The molecule has 8 nitrogen and oxygen atoms in total. The molecule has 3 aromatic heterocycles. The number of rotatable bonds is 3. The number of hydrogen-bond donors (Lipinski definition) is 0. The Morgan fingerprint density at radius 1 is 1.14 bits per heavy atom. The highest BCUT2D eigenvalue weighted by Gasteiger charge is 2.43. The minimum Gasteiger partial charge on any atom is -0.345 e. The molecule has 5 rings (SSSR count). The fourth-order valence-electron chi connectivity index (χ4n) is 4.12. The van der Waals surface area contributed by atoms with Crippen molar-refractivity contribution in [2.24, 2.45) is 14.1 Å². The summed E-state index contributed by atoms with van der Waals surface area (Å²) in [4.78, 5) is 23.2. The zero-order chi connectivity index (χ0) is 25.1. The van der Waals surface area contributed by atoms with Gasteiger partial charge in [0, 0.05) is 37.5 Å². The number of fused-ring (bicyclic) bond motifs is 1. The van der Waals surface area contributed by atoms with E-state index in [2.05, 4.69) is 15.1 Å². The predicted molar refractivity (Wildman–Crippen MR) is 119 cm³/mol. The number of hydrogen-bond acceptors (Lipinski definition) is 6. The third-order valence-electron chi connectivity index (χ3n) is 5.96. The van der Waals surface area contributed by atoms with Gasteiger partial charge in [0.15, 0.2) is 0 Å². The van der Waals surface area contributed by atoms with Crippen molar-refractivity contribution in [3.05, 3.63) is 70.0 Å². The van der Waals surface area contributed by atoms with E-state index in [9.17, 15) is 22.4 Å². The standard InChI is InChI=1S/C23H20F4N6O2/c1-12-29-21-16(22(34)32(12)3)7-19(30-20(21)15-5-4-14(24)6-17(15)25)33-10-18(35-23(26,27)11-33)13-8-28-31(2)9-13/h4-9,18H,10-11H2,1-3H3/t18-/m0/s1. The average Bonchev–Trinajstić information content (AvgIpc) is 3.23. The first kappa shape index (κ1) is 23.0. The summed E-state index contributed by atoms with van der Waals surface area (Å²) in [5.41, 5.74) is -0.0890. The number of aryl methyl sites for hydroxylation is 2. The van der Waals surface area contributed by atoms with Crippen molar-refractivity contribution in [1.82, 2.24) is 24.3 Å². The van der Waals surface area contributed by atoms with Crippen molar-refractivity contribution < 1.29 is 22.3 Å². The lowest BCUT2D eigenvalue weighted by Crippen LogP contribution is -2.48. The molecule has 1 aliphatic rings. The van der Waals surface area contributed by atoms with Crippen molar-refractivity contribution >= 4 is 16.7 Å². The molecule has 0 unspecified atom stereocenters. The van der Waals surface area contributed by atoms with Gasteiger partial charge in [-0.1, -0.05) is 0 Å². The van der Waals surface area contributed by atoms with Gasteiger partial charge in [-0.05, 0) is 25.1 Å². The summed E-state index contributed by atoms with van der Waals surface area (Å²) in [6, 6.07) is 4.27. The molecule has 0 spiro atoms. The largest absolute Gasteiger partial charge is 0.373 e. The normalized spacial score (nSPS) is 17.8. The Kier molecular flexibility index (Phi) is 5.35. The summed E-state index contributed by atoms with van der Waals surface area (Å²) in [6.07, 6.45) is -1.57. The predicted octanol–water partition coefficient (Wildman–Crippen LogP) is 3.49. The maximum absolute atomic E-state index is 14.8. The molecule has 4 aromatic rings. The molecule has 0 bridgehead atoms. The lowest BCUT2D eigenvalue weighted by Gasteiger charge is -2.38. The summed E-state index contributed by atoms with van der Waals surface area (Å²) < 4.78 is 65.4. The van der Waals surface area contributed by atoms with Crippen LogP contribution in [0.5, 0.6) is 0 Å². The Hall–Kier alpha value is -3.80. The van der Waals surface area contributed by atoms with E-state index < -0.39 is 36.0 Å². The molecular formula is C23H20F4N6O2. The van der Waals surface area contributed by atoms with Gasteiger partial charge in [0.05, 0.1) is 18.1 Å². The van der Waals surface area contributed by atoms with Crippen molar-refractivity contribution in [2.45, 2.75) is 19.1 Å². The summed E-state index contributed by atoms with van der Waals surface area (Å²) in [5, 5.41) is 4.08. The van der Waals surface area contributed by atoms with E-state index in [0.29, 0.717) is 17.5 Å². The SMILES string of the molecule is Cc1nc2c(-c3ccc(F)cc3F)nc(N3C[C@@H](c4cnn(C)c4)OC(F)(F)C3)cc2c(=O)n1C. The minimum atomic E-state index is -3.53. The molecule has 12 heteroatoms. The second-order valence-corrected chi connectivity index (χ2v) is 8.44. The number of pyridine rings is 1. The number of aromatic nitrogens is 5. The van der Waals surface area contributed by atoms with Crippen LogP contribution < -0.4 is 10.5 Å². The van der Waals surface area contributed by atoms with Crippen LogP contribution in [0.15, 0.2) is 41.5 Å². The zero-order valence-corrected chi connectivity index (χ0v) is 19.0. The van der Waals surface area contributed by atoms with E-state index in [1.165, 1.54) is 39.5 Å². The molecule has 1 aromatic carbocycles. The van der Waals surface area contributed by atoms with E-state index in [4.69, 9.17) is 4.74 Å². The number of nitrogens with zero attached hydrogens (tertiary/aromatic N) is 6. The third-order valence-corrected chi connectivity index (χ3v) is 5.96. The van der Waals surface area contributed by atoms with Gasteiger partial charge in [-0.15, -0.1) is 0 Å². The van der Waals surface area contributed by atoms with Crippen LogP contribution in [-0.4, -0.2) is 43.5 Å². The molecule has 0 aliphatic carbocycles. The number of halogens is 4. The molecule has 1 aliphatic heterocycles. The number of alkyl halides is 2. The maximum atomic E-state index is 14.8. The van der Waals surface area contributed by atoms with Crippen LogP contribution >= 0.6 is 0 Å². The van der Waals surface area contributed by atoms with Crippen LogP contribution in [0.3, 0.4) is 0 Å². The van der Waals surface area contributed by atoms with Crippen molar-refractivity contribution in [3.8, 4) is 11.3 Å². The Morgan fingerprint density at radius 3 is 2.60 bits per heavy atom. The average molecular weight is 488 g/mol. The van der Waals surface area contributed by atoms with Crippen LogP contribution in [-0.2, 0) is 18.8 Å². The van der Waals surface area contributed by atoms with Gasteiger partial charge < -0.3 is 9.64 Å². The first-order valence-electron chi connectivity index (χ1n) is 10.7. The third kappa shape index (κ3) is 4.14. The second-order valence-electron chi connectivity index (χ2n) is 8.44. The van der Waals surface area contributed by atoms with E-state index in [0.717, 1.165) is 6.07 Å². The molecule has 4 heterocycles. The van der Waals surface area contributed by atoms with Crippen LogP contribution in [0, 0.1) is 18.6 Å². The molecule has 0 saturated carbocycles. The monoisotopic (exact) mass is 488 g/mol. The molecule has 0 amide bonds. The molecule has 182 valence electrons. The van der Waals surface area contributed by atoms with E-state index in [1.54, 1.807) is 20.2 Å². The Balaban J connectivity index is 1.71. The molecule has 0 N–H and O–H groups in total. The van der Waals surface area contributed by atoms with E-state index >= 15 is 0 Å². The maximum Gasteiger partial charge on any atom is 0.373 e. The highest BCUT2D eigenvalue weighted by atomic mass is 19.3. The van der Waals surface area contributed by atoms with Crippen molar-refractivity contribution in [3.63, 3.8) is 0 Å². The molecule has 1 atom stereocenters. The van der Waals surface area contributed by atoms with Gasteiger partial charge in [0.25, 0.3) is 5.56 Å². The van der Waals surface area contributed by atoms with Crippen LogP contribution in [0.1, 0.15) is 17.5 Å². The van der Waals surface area contributed by atoms with E-state index in [1.807, 2.05) is 0 Å². The summed E-state index contributed by atoms with van der Waals surface area (Å²) in [5.74, 6) is -1.36. The van der Waals surface area contributed by atoms with Gasteiger partial charge in [-0.3, -0.25) is 14.0 Å². The lowest BCUT2D eigenvalue weighted by atomic mass is 10.1. The quantitative estimate of drug-likeness (QED) is 0.411. The van der Waals surface area contributed by atoms with Crippen molar-refractivity contribution in [1.29, 1.82) is 0 Å². The minimum absolute atomic E-state index is 0.0100. The van der Waals surface area contributed by atoms with Gasteiger partial charge in [0.2, 0.25) is 0 Å². The van der Waals surface area contributed by atoms with Crippen LogP contribution in [0.2, 0.25) is 0 Å². The second kappa shape index (κ2) is 8.15. The molecule has 35 heavy (non-hydrogen) atoms. The molecule has 1 saturated heterocycles. The first-order valence-corrected chi connectivity index (χ1v) is 10.7. The summed E-state index contributed by atoms with van der Waals surface area (Å²) >= 11 is 0. The fraction of sp³-hybridized carbons (Fsp3) is 0.304. The number of morpholine rings is 1. The topological polar surface area (TPSA) is 78.1 Å². The highest BCUT2D eigenvalue weighted by Crippen LogP contribution is 2.37. The Bertz CT molecular complexity index is 1520. The van der Waals surface area contributed by atoms with Crippen molar-refractivity contribution in [2.75, 3.05) is 18.0 Å². The number of ether oxygens (including phenoxy) is 1. The smallest absolute Gasteiger partial charge is 0.345 e. The van der Waals surface area contributed by atoms with Crippen LogP contribution in [0.4, 0.5) is 23.4 Å². The Labute approximate surface area is 196 Å². The van der Waals surface area contributed by atoms with Gasteiger partial charge in [-0.25, -0.2) is 18.7 Å². The highest BCUT2D eigenvalue weighted by molar-refractivity contribution is 5.93. The molecular weight excluding hydrogens is 468 g/mol. The molecule has 1 fully saturated rings. The van der Waals surface area contributed by atoms with Gasteiger partial charge in [-0.2, -0.15) is 13.9 Å². The van der Waals surface area contributed by atoms with E-state index in [-0.39, 0.29) is 34.5 Å². The molecule has 0 radical (unpaired) electrons. The number of benzene rings is 1. The van der Waals surface area contributed by atoms with Gasteiger partial charge in [0.1, 0.15) is 47.1 Å². The Morgan fingerprint density at radius 2 is 1.91 bits per heavy atom. The summed E-state index contributed by atoms with van der Waals surface area (Å²) in [6.45, 7) is 0.735. The lowest BCUT2D eigenvalue weighted by molar-refractivity contribution is -0.269. The fourth-order valence-corrected chi connectivity index (χ4v) is 4.12.